The summed E-state index contributed by atoms with van der Waals surface area (Å²) in [7, 11) is 0. The standard InChI is InChI=1S/C16H23NO3/c1-4-6-11-17-16(19)12(3)20-15-10-8-7-9-13(15)14(18)5-2/h7-10,12H,4-6,11H2,1-3H3,(H,17,19). The third-order valence-corrected chi connectivity index (χ3v) is 3.01. The van der Waals surface area contributed by atoms with Gasteiger partial charge in [-0.1, -0.05) is 32.4 Å². The summed E-state index contributed by atoms with van der Waals surface area (Å²) in [6, 6.07) is 7.03. The second kappa shape index (κ2) is 8.35. The minimum absolute atomic E-state index is 0.0131. The number of benzene rings is 1. The Morgan fingerprint density at radius 2 is 1.95 bits per heavy atom. The van der Waals surface area contributed by atoms with Crippen LogP contribution in [0.25, 0.3) is 0 Å². The van der Waals surface area contributed by atoms with E-state index in [2.05, 4.69) is 12.2 Å². The monoisotopic (exact) mass is 277 g/mol. The van der Waals surface area contributed by atoms with Crippen molar-refractivity contribution in [1.29, 1.82) is 0 Å². The smallest absolute Gasteiger partial charge is 0.260 e. The van der Waals surface area contributed by atoms with Crippen molar-refractivity contribution in [3.63, 3.8) is 0 Å². The Balaban J connectivity index is 2.68. The quantitative estimate of drug-likeness (QED) is 0.587. The van der Waals surface area contributed by atoms with Crippen LogP contribution in [0.1, 0.15) is 50.4 Å². The van der Waals surface area contributed by atoms with Crippen molar-refractivity contribution >= 4 is 11.7 Å². The molecule has 0 aliphatic rings. The molecule has 0 heterocycles. The molecule has 0 aliphatic carbocycles. The van der Waals surface area contributed by atoms with Crippen LogP contribution in [0.3, 0.4) is 0 Å². The van der Waals surface area contributed by atoms with Gasteiger partial charge in [0, 0.05) is 13.0 Å². The zero-order valence-electron chi connectivity index (χ0n) is 12.4. The highest BCUT2D eigenvalue weighted by molar-refractivity contribution is 5.98. The van der Waals surface area contributed by atoms with Gasteiger partial charge in [0.15, 0.2) is 11.9 Å². The van der Waals surface area contributed by atoms with Gasteiger partial charge >= 0.3 is 0 Å². The van der Waals surface area contributed by atoms with Gasteiger partial charge in [0.05, 0.1) is 5.56 Å². The van der Waals surface area contributed by atoms with Gasteiger partial charge in [0.1, 0.15) is 5.75 Å². The van der Waals surface area contributed by atoms with Crippen LogP contribution >= 0.6 is 0 Å². The van der Waals surface area contributed by atoms with Crippen molar-refractivity contribution in [2.24, 2.45) is 0 Å². The average molecular weight is 277 g/mol. The fourth-order valence-electron chi connectivity index (χ4n) is 1.77. The summed E-state index contributed by atoms with van der Waals surface area (Å²) in [5, 5.41) is 2.82. The molecule has 4 nitrogen and oxygen atoms in total. The summed E-state index contributed by atoms with van der Waals surface area (Å²) in [6.07, 6.45) is 1.78. The third-order valence-electron chi connectivity index (χ3n) is 3.01. The summed E-state index contributed by atoms with van der Waals surface area (Å²) >= 11 is 0. The van der Waals surface area contributed by atoms with Gasteiger partial charge in [-0.3, -0.25) is 9.59 Å². The van der Waals surface area contributed by atoms with Crippen LogP contribution in [-0.2, 0) is 4.79 Å². The van der Waals surface area contributed by atoms with E-state index in [0.29, 0.717) is 24.3 Å². The highest BCUT2D eigenvalue weighted by atomic mass is 16.5. The maximum atomic E-state index is 11.9. The predicted molar refractivity (Wildman–Crippen MR) is 79.1 cm³/mol. The third kappa shape index (κ3) is 4.68. The topological polar surface area (TPSA) is 55.4 Å². The van der Waals surface area contributed by atoms with E-state index < -0.39 is 6.10 Å². The van der Waals surface area contributed by atoms with E-state index in [1.54, 1.807) is 38.1 Å². The van der Waals surface area contributed by atoms with Crippen molar-refractivity contribution in [2.45, 2.75) is 46.1 Å². The lowest BCUT2D eigenvalue weighted by molar-refractivity contribution is -0.127. The molecule has 20 heavy (non-hydrogen) atoms. The van der Waals surface area contributed by atoms with E-state index in [9.17, 15) is 9.59 Å². The van der Waals surface area contributed by atoms with Gasteiger partial charge in [-0.15, -0.1) is 0 Å². The summed E-state index contributed by atoms with van der Waals surface area (Å²) < 4.78 is 5.63. The Labute approximate surface area is 120 Å². The molecule has 1 aromatic rings. The Kier molecular flexibility index (Phi) is 6.77. The number of unbranched alkanes of at least 4 members (excludes halogenated alkanes) is 1. The first kappa shape index (κ1) is 16.2. The fraction of sp³-hybridized carbons (Fsp3) is 0.500. The minimum Gasteiger partial charge on any atom is -0.480 e. The lowest BCUT2D eigenvalue weighted by atomic mass is 10.1. The van der Waals surface area contributed by atoms with Gasteiger partial charge in [-0.2, -0.15) is 0 Å². The molecular formula is C16H23NO3. The van der Waals surface area contributed by atoms with Gasteiger partial charge in [0.2, 0.25) is 0 Å². The number of Topliss-reactive ketones (excluding diaryl/α,β-unsaturated/α-hetero) is 1. The highest BCUT2D eigenvalue weighted by Crippen LogP contribution is 2.20. The molecule has 110 valence electrons. The van der Waals surface area contributed by atoms with Gasteiger partial charge in [0.25, 0.3) is 5.91 Å². The van der Waals surface area contributed by atoms with E-state index in [-0.39, 0.29) is 11.7 Å². The number of hydrogen-bond donors (Lipinski definition) is 1. The maximum Gasteiger partial charge on any atom is 0.260 e. The molecule has 0 saturated heterocycles. The number of carbonyl (C=O) groups excluding carboxylic acids is 2. The van der Waals surface area contributed by atoms with E-state index in [1.165, 1.54) is 0 Å². The van der Waals surface area contributed by atoms with Crippen LogP contribution in [0.4, 0.5) is 0 Å². The van der Waals surface area contributed by atoms with E-state index in [0.717, 1.165) is 12.8 Å². The van der Waals surface area contributed by atoms with Crippen LogP contribution in [0.15, 0.2) is 24.3 Å². The normalized spacial score (nSPS) is 11.8. The SMILES string of the molecule is CCCCNC(=O)C(C)Oc1ccccc1C(=O)CC. The van der Waals surface area contributed by atoms with E-state index >= 15 is 0 Å². The predicted octanol–water partition coefficient (Wildman–Crippen LogP) is 2.96. The lowest BCUT2D eigenvalue weighted by Gasteiger charge is -2.16. The Bertz CT molecular complexity index is 457. The molecule has 1 amide bonds. The number of ketones is 1. The highest BCUT2D eigenvalue weighted by Gasteiger charge is 2.17. The second-order valence-corrected chi connectivity index (χ2v) is 4.68. The summed E-state index contributed by atoms with van der Waals surface area (Å²) in [5.41, 5.74) is 0.531. The first-order valence-electron chi connectivity index (χ1n) is 7.16. The number of ether oxygens (including phenoxy) is 1. The summed E-state index contributed by atoms with van der Waals surface area (Å²) in [5.74, 6) is 0.328. The maximum absolute atomic E-state index is 11.9. The Hall–Kier alpha value is -1.84. The Morgan fingerprint density at radius 1 is 1.25 bits per heavy atom. The number of carbonyl (C=O) groups is 2. The van der Waals surface area contributed by atoms with E-state index in [4.69, 9.17) is 4.74 Å². The molecule has 1 unspecified atom stereocenters. The number of rotatable bonds is 8. The molecule has 1 aromatic carbocycles. The van der Waals surface area contributed by atoms with Gasteiger partial charge < -0.3 is 10.1 Å². The fourth-order valence-corrected chi connectivity index (χ4v) is 1.77. The molecular weight excluding hydrogens is 254 g/mol. The van der Waals surface area contributed by atoms with Crippen molar-refractivity contribution < 1.29 is 14.3 Å². The molecule has 1 N–H and O–H groups in total. The average Bonchev–Trinajstić information content (AvgIpc) is 2.47. The molecule has 1 atom stereocenters. The van der Waals surface area contributed by atoms with Crippen LogP contribution in [0.5, 0.6) is 5.75 Å². The van der Waals surface area contributed by atoms with Crippen molar-refractivity contribution in [3.05, 3.63) is 29.8 Å². The minimum atomic E-state index is -0.613. The summed E-state index contributed by atoms with van der Waals surface area (Å²) in [6.45, 7) is 6.21. The molecule has 0 aliphatic heterocycles. The molecule has 0 radical (unpaired) electrons. The number of nitrogens with one attached hydrogen (secondary N) is 1. The van der Waals surface area contributed by atoms with E-state index in [1.807, 2.05) is 0 Å². The Morgan fingerprint density at radius 3 is 2.60 bits per heavy atom. The molecule has 0 saturated carbocycles. The zero-order chi connectivity index (χ0) is 15.0. The van der Waals surface area contributed by atoms with Crippen molar-refractivity contribution in [2.75, 3.05) is 6.54 Å². The molecule has 1 rings (SSSR count). The molecule has 0 fully saturated rings. The number of hydrogen-bond acceptors (Lipinski definition) is 3. The summed E-state index contributed by atoms with van der Waals surface area (Å²) in [4.78, 5) is 23.7. The van der Waals surface area contributed by atoms with Crippen LogP contribution in [0, 0.1) is 0 Å². The first-order valence-corrected chi connectivity index (χ1v) is 7.16. The molecule has 4 heteroatoms. The van der Waals surface area contributed by atoms with Crippen molar-refractivity contribution in [1.82, 2.24) is 5.32 Å². The van der Waals surface area contributed by atoms with Gasteiger partial charge in [-0.05, 0) is 25.5 Å². The lowest BCUT2D eigenvalue weighted by Crippen LogP contribution is -2.37. The zero-order valence-corrected chi connectivity index (χ0v) is 12.4. The van der Waals surface area contributed by atoms with Crippen molar-refractivity contribution in [3.8, 4) is 5.75 Å². The van der Waals surface area contributed by atoms with Crippen LogP contribution in [0.2, 0.25) is 0 Å². The number of para-hydroxylation sites is 1. The number of amides is 1. The first-order chi connectivity index (χ1) is 9.60. The molecule has 0 spiro atoms. The molecule has 0 aromatic heterocycles. The molecule has 0 bridgehead atoms. The van der Waals surface area contributed by atoms with Crippen LogP contribution < -0.4 is 10.1 Å². The van der Waals surface area contributed by atoms with Crippen LogP contribution in [-0.4, -0.2) is 24.3 Å². The largest absolute Gasteiger partial charge is 0.480 e. The van der Waals surface area contributed by atoms with Gasteiger partial charge in [-0.25, -0.2) is 0 Å². The second-order valence-electron chi connectivity index (χ2n) is 4.68.